The van der Waals surface area contributed by atoms with Crippen LogP contribution in [0.3, 0.4) is 0 Å². The van der Waals surface area contributed by atoms with Gasteiger partial charge < -0.3 is 30.5 Å². The van der Waals surface area contributed by atoms with E-state index in [1.807, 2.05) is 20.8 Å². The van der Waals surface area contributed by atoms with Crippen molar-refractivity contribution in [3.63, 3.8) is 0 Å². The minimum absolute atomic E-state index is 0. The molecule has 1 N–H and O–H groups in total. The Bertz CT molecular complexity index is 600. The summed E-state index contributed by atoms with van der Waals surface area (Å²) in [5.74, 6) is 0. The van der Waals surface area contributed by atoms with Gasteiger partial charge in [-0.15, -0.1) is 45.3 Å². The van der Waals surface area contributed by atoms with Gasteiger partial charge in [0.15, 0.2) is 0 Å². The Kier molecular flexibility index (Phi) is 10.6. The predicted molar refractivity (Wildman–Crippen MR) is 81.1 cm³/mol. The Labute approximate surface area is 158 Å². The van der Waals surface area contributed by atoms with E-state index in [9.17, 15) is 0 Å². The molecule has 0 unspecified atom stereocenters. The summed E-state index contributed by atoms with van der Waals surface area (Å²) >= 11 is 0. The molecule has 21 heavy (non-hydrogen) atoms. The number of halogens is 2. The molecule has 0 aliphatic carbocycles. The standard InChI is InChI=1S/C13H9.C4H10N.2ClH.Zr/c1-3-7-12-10(5-1)9-11-6-2-4-8-13(11)12;1-4(2,3)5;;;/h1-9H;5H,1-3H3;2*1H;/q2*-1;;;+4/p-2. The molecule has 1 nitrogen and oxygen atoms in total. The van der Waals surface area contributed by atoms with E-state index in [-0.39, 0.29) is 56.6 Å². The first-order chi connectivity index (χ1) is 8.45. The summed E-state index contributed by atoms with van der Waals surface area (Å²) in [5, 5.41) is 5.39. The molecule has 4 heteroatoms. The largest absolute Gasteiger partial charge is 4.00 e. The zero-order valence-electron chi connectivity index (χ0n) is 12.5. The number of hydrogen-bond acceptors (Lipinski definition) is 0. The summed E-state index contributed by atoms with van der Waals surface area (Å²) in [4.78, 5) is 0. The van der Waals surface area contributed by atoms with Crippen molar-refractivity contribution >= 4 is 21.5 Å². The van der Waals surface area contributed by atoms with Crippen LogP contribution in [0.2, 0.25) is 0 Å². The van der Waals surface area contributed by atoms with E-state index < -0.39 is 0 Å². The van der Waals surface area contributed by atoms with Crippen LogP contribution in [0, 0.1) is 0 Å². The first-order valence-corrected chi connectivity index (χ1v) is 6.23. The van der Waals surface area contributed by atoms with Crippen molar-refractivity contribution in [2.45, 2.75) is 26.3 Å². The molecule has 0 aliphatic heterocycles. The maximum Gasteiger partial charge on any atom is 4.00 e. The van der Waals surface area contributed by atoms with Gasteiger partial charge in [-0.2, -0.15) is 0 Å². The van der Waals surface area contributed by atoms with Gasteiger partial charge in [-0.1, -0.05) is 57.2 Å². The maximum atomic E-state index is 6.94. The van der Waals surface area contributed by atoms with Gasteiger partial charge in [0.2, 0.25) is 0 Å². The van der Waals surface area contributed by atoms with Crippen LogP contribution in [0.1, 0.15) is 20.8 Å². The summed E-state index contributed by atoms with van der Waals surface area (Å²) in [5.41, 5.74) is 6.69. The first-order valence-electron chi connectivity index (χ1n) is 6.23. The molecule has 110 valence electrons. The van der Waals surface area contributed by atoms with Crippen LogP contribution in [0.4, 0.5) is 0 Å². The molecule has 0 heterocycles. The van der Waals surface area contributed by atoms with Crippen LogP contribution in [-0.4, -0.2) is 5.54 Å². The van der Waals surface area contributed by atoms with Crippen LogP contribution in [0.5, 0.6) is 0 Å². The van der Waals surface area contributed by atoms with E-state index in [0.717, 1.165) is 0 Å². The van der Waals surface area contributed by atoms with Gasteiger partial charge >= 0.3 is 26.2 Å². The Morgan fingerprint density at radius 3 is 1.38 bits per heavy atom. The van der Waals surface area contributed by atoms with Crippen LogP contribution in [-0.2, 0) is 26.2 Å². The molecule has 0 aromatic heterocycles. The first kappa shape index (κ1) is 23.0. The molecule has 0 saturated heterocycles. The number of hydrogen-bond donors (Lipinski definition) is 0. The average Bonchev–Trinajstić information content (AvgIpc) is 2.65. The van der Waals surface area contributed by atoms with Crippen LogP contribution in [0.15, 0.2) is 54.6 Å². The molecule has 0 radical (unpaired) electrons. The van der Waals surface area contributed by atoms with Gasteiger partial charge in [0, 0.05) is 0 Å². The number of fused-ring (bicyclic) bond motifs is 3. The van der Waals surface area contributed by atoms with Gasteiger partial charge in [-0.25, -0.2) is 0 Å². The fourth-order valence-electron chi connectivity index (χ4n) is 1.90. The summed E-state index contributed by atoms with van der Waals surface area (Å²) in [7, 11) is 0. The number of benzene rings is 2. The van der Waals surface area contributed by atoms with E-state index in [0.29, 0.717) is 0 Å². The van der Waals surface area contributed by atoms with Crippen molar-refractivity contribution in [3.8, 4) is 0 Å². The summed E-state index contributed by atoms with van der Waals surface area (Å²) < 4.78 is 0. The van der Waals surface area contributed by atoms with Crippen molar-refractivity contribution < 1.29 is 51.0 Å². The van der Waals surface area contributed by atoms with Crippen molar-refractivity contribution in [3.05, 3.63) is 60.3 Å². The molecule has 3 aromatic carbocycles. The number of rotatable bonds is 0. The zero-order valence-corrected chi connectivity index (χ0v) is 16.4. The van der Waals surface area contributed by atoms with E-state index in [2.05, 4.69) is 54.6 Å². The van der Waals surface area contributed by atoms with Crippen LogP contribution >= 0.6 is 0 Å². The molecule has 0 fully saturated rings. The molecule has 0 aliphatic rings. The third kappa shape index (κ3) is 7.02. The minimum Gasteiger partial charge on any atom is -1.00 e. The SMILES string of the molecule is CC(C)(C)[NH-].[Cl-].[Cl-].[Zr+4].c1ccc2c(c1)[cH-]c1ccccc12. The van der Waals surface area contributed by atoms with Crippen molar-refractivity contribution in [1.82, 2.24) is 0 Å². The third-order valence-electron chi connectivity index (χ3n) is 2.52. The Morgan fingerprint density at radius 1 is 0.762 bits per heavy atom. The molecular weight excluding hydrogens is 380 g/mol. The van der Waals surface area contributed by atoms with E-state index >= 15 is 0 Å². The van der Waals surface area contributed by atoms with Crippen molar-refractivity contribution in [2.24, 2.45) is 0 Å². The topological polar surface area (TPSA) is 23.8 Å². The van der Waals surface area contributed by atoms with Crippen molar-refractivity contribution in [1.29, 1.82) is 0 Å². The minimum atomic E-state index is -0.250. The van der Waals surface area contributed by atoms with Gasteiger partial charge in [0.05, 0.1) is 0 Å². The van der Waals surface area contributed by atoms with E-state index in [1.54, 1.807) is 0 Å². The van der Waals surface area contributed by atoms with Gasteiger partial charge in [-0.05, 0) is 0 Å². The molecule has 3 rings (SSSR count). The summed E-state index contributed by atoms with van der Waals surface area (Å²) in [6.45, 7) is 5.56. The van der Waals surface area contributed by atoms with Gasteiger partial charge in [0.25, 0.3) is 0 Å². The second-order valence-electron chi connectivity index (χ2n) is 5.57. The molecule has 0 amide bonds. The smallest absolute Gasteiger partial charge is 1.00 e. The van der Waals surface area contributed by atoms with Gasteiger partial charge in [0.1, 0.15) is 0 Å². The van der Waals surface area contributed by atoms with Crippen molar-refractivity contribution in [2.75, 3.05) is 0 Å². The predicted octanol–water partition coefficient (Wildman–Crippen LogP) is -0.445. The molecule has 0 atom stereocenters. The average molecular weight is 399 g/mol. The Hall–Kier alpha value is -0.267. The summed E-state index contributed by atoms with van der Waals surface area (Å²) in [6, 6.07) is 19.3. The summed E-state index contributed by atoms with van der Waals surface area (Å²) in [6.07, 6.45) is 0. The second-order valence-corrected chi connectivity index (χ2v) is 5.57. The molecule has 0 saturated carbocycles. The zero-order chi connectivity index (χ0) is 13.2. The molecule has 0 spiro atoms. The Morgan fingerprint density at radius 2 is 1.05 bits per heavy atom. The molecule has 0 bridgehead atoms. The monoisotopic (exact) mass is 397 g/mol. The number of nitrogens with one attached hydrogen (secondary N) is 1. The molecule has 3 aromatic rings. The normalized spacial score (nSPS) is 9.71. The van der Waals surface area contributed by atoms with Crippen LogP contribution < -0.4 is 24.8 Å². The third-order valence-corrected chi connectivity index (χ3v) is 2.52. The fraction of sp³-hybridized carbons (Fsp3) is 0.235. The fourth-order valence-corrected chi connectivity index (χ4v) is 1.90. The second kappa shape index (κ2) is 9.69. The Balaban J connectivity index is 0. The van der Waals surface area contributed by atoms with Gasteiger partial charge in [-0.3, -0.25) is 0 Å². The quantitative estimate of drug-likeness (QED) is 0.458. The molecular formula is C17H19Cl2NZr. The van der Waals surface area contributed by atoms with Crippen LogP contribution in [0.25, 0.3) is 27.3 Å². The van der Waals surface area contributed by atoms with E-state index in [4.69, 9.17) is 5.73 Å². The maximum absolute atomic E-state index is 6.94. The van der Waals surface area contributed by atoms with E-state index in [1.165, 1.54) is 21.5 Å².